The number of hydrogen-bond donors (Lipinski definition) is 0. The van der Waals surface area contributed by atoms with Gasteiger partial charge < -0.3 is 4.90 Å². The van der Waals surface area contributed by atoms with E-state index in [1.165, 1.54) is 18.6 Å². The van der Waals surface area contributed by atoms with Crippen LogP contribution in [0.4, 0.5) is 10.1 Å². The summed E-state index contributed by atoms with van der Waals surface area (Å²) in [6.07, 6.45) is 3.61. The highest BCUT2D eigenvalue weighted by Crippen LogP contribution is 2.25. The lowest BCUT2D eigenvalue weighted by Crippen LogP contribution is -2.46. The Morgan fingerprint density at radius 2 is 1.83 bits per heavy atom. The highest BCUT2D eigenvalue weighted by molar-refractivity contribution is 6.00. The molecule has 0 spiro atoms. The Bertz CT molecular complexity index is 682. The van der Waals surface area contributed by atoms with Crippen molar-refractivity contribution in [3.05, 3.63) is 59.7 Å². The van der Waals surface area contributed by atoms with E-state index in [-0.39, 0.29) is 11.3 Å². The van der Waals surface area contributed by atoms with E-state index in [9.17, 15) is 9.18 Å². The van der Waals surface area contributed by atoms with Crippen LogP contribution in [0, 0.1) is 5.82 Å². The van der Waals surface area contributed by atoms with Gasteiger partial charge in [-0.25, -0.2) is 4.39 Å². The van der Waals surface area contributed by atoms with Crippen LogP contribution in [0.1, 0.15) is 22.8 Å². The second kappa shape index (κ2) is 6.87. The summed E-state index contributed by atoms with van der Waals surface area (Å²) >= 11 is 0. The number of ketones is 1. The largest absolute Gasteiger partial charge is 0.368 e. The van der Waals surface area contributed by atoms with Gasteiger partial charge in [-0.15, -0.1) is 0 Å². The highest BCUT2D eigenvalue weighted by atomic mass is 19.1. The van der Waals surface area contributed by atoms with Gasteiger partial charge >= 0.3 is 0 Å². The van der Waals surface area contributed by atoms with Gasteiger partial charge in [0, 0.05) is 45.1 Å². The molecule has 0 amide bonds. The number of hydrogen-bond acceptors (Lipinski definition) is 4. The minimum atomic E-state index is -0.436. The standard InChI is InChI=1S/C18H20FN3O/c1-14(23)18-16(19)3-2-4-17(18)22-11-9-21(10-12-22)13-15-5-7-20-8-6-15/h2-8H,9-13H2,1H3. The van der Waals surface area contributed by atoms with E-state index in [0.29, 0.717) is 5.69 Å². The van der Waals surface area contributed by atoms with E-state index in [1.54, 1.807) is 18.5 Å². The van der Waals surface area contributed by atoms with Crippen LogP contribution in [0.3, 0.4) is 0 Å². The van der Waals surface area contributed by atoms with Crippen LogP contribution in [0.5, 0.6) is 0 Å². The summed E-state index contributed by atoms with van der Waals surface area (Å²) in [4.78, 5) is 20.2. The molecule has 23 heavy (non-hydrogen) atoms. The maximum Gasteiger partial charge on any atom is 0.164 e. The lowest BCUT2D eigenvalue weighted by molar-refractivity contribution is 0.101. The number of anilines is 1. The molecule has 3 rings (SSSR count). The number of rotatable bonds is 4. The molecule has 4 nitrogen and oxygen atoms in total. The van der Waals surface area contributed by atoms with E-state index < -0.39 is 5.82 Å². The van der Waals surface area contributed by atoms with Crippen LogP contribution in [0.25, 0.3) is 0 Å². The lowest BCUT2D eigenvalue weighted by Gasteiger charge is -2.36. The molecule has 0 aliphatic carbocycles. The average molecular weight is 313 g/mol. The zero-order valence-electron chi connectivity index (χ0n) is 13.2. The SMILES string of the molecule is CC(=O)c1c(F)cccc1N1CCN(Cc2ccncc2)CC1. The third-order valence-electron chi connectivity index (χ3n) is 4.21. The summed E-state index contributed by atoms with van der Waals surface area (Å²) < 4.78 is 14.0. The number of Topliss-reactive ketones (excluding diaryl/α,β-unsaturated/α-hetero) is 1. The Morgan fingerprint density at radius 3 is 2.48 bits per heavy atom. The minimum absolute atomic E-state index is 0.204. The van der Waals surface area contributed by atoms with Crippen molar-refractivity contribution in [3.63, 3.8) is 0 Å². The van der Waals surface area contributed by atoms with E-state index in [4.69, 9.17) is 0 Å². The van der Waals surface area contributed by atoms with Crippen LogP contribution >= 0.6 is 0 Å². The van der Waals surface area contributed by atoms with E-state index in [2.05, 4.69) is 14.8 Å². The summed E-state index contributed by atoms with van der Waals surface area (Å²) in [6, 6.07) is 8.89. The molecule has 0 unspecified atom stereocenters. The summed E-state index contributed by atoms with van der Waals surface area (Å²) in [6.45, 7) is 5.65. The third-order valence-corrected chi connectivity index (χ3v) is 4.21. The summed E-state index contributed by atoms with van der Waals surface area (Å²) in [5.41, 5.74) is 2.15. The van der Waals surface area contributed by atoms with Gasteiger partial charge in [0.1, 0.15) is 5.82 Å². The molecule has 0 saturated carbocycles. The van der Waals surface area contributed by atoms with Gasteiger partial charge in [0.15, 0.2) is 5.78 Å². The molecule has 2 aromatic rings. The van der Waals surface area contributed by atoms with Crippen LogP contribution in [0.15, 0.2) is 42.7 Å². The number of benzene rings is 1. The van der Waals surface area contributed by atoms with E-state index >= 15 is 0 Å². The van der Waals surface area contributed by atoms with Crippen LogP contribution in [-0.4, -0.2) is 41.8 Å². The highest BCUT2D eigenvalue weighted by Gasteiger charge is 2.22. The van der Waals surface area contributed by atoms with Gasteiger partial charge in [-0.1, -0.05) is 6.07 Å². The number of aromatic nitrogens is 1. The Balaban J connectivity index is 1.68. The van der Waals surface area contributed by atoms with Crippen molar-refractivity contribution in [2.45, 2.75) is 13.5 Å². The van der Waals surface area contributed by atoms with Gasteiger partial charge in [-0.2, -0.15) is 0 Å². The predicted molar refractivity (Wildman–Crippen MR) is 88.1 cm³/mol. The molecule has 120 valence electrons. The first kappa shape index (κ1) is 15.6. The van der Waals surface area contributed by atoms with Gasteiger partial charge in [0.25, 0.3) is 0 Å². The van der Waals surface area contributed by atoms with Crippen molar-refractivity contribution in [1.82, 2.24) is 9.88 Å². The fraction of sp³-hybridized carbons (Fsp3) is 0.333. The number of piperazine rings is 1. The number of pyridine rings is 1. The van der Waals surface area contributed by atoms with Gasteiger partial charge in [0.2, 0.25) is 0 Å². The second-order valence-electron chi connectivity index (χ2n) is 5.81. The van der Waals surface area contributed by atoms with Crippen molar-refractivity contribution in [3.8, 4) is 0 Å². The van der Waals surface area contributed by atoms with Crippen molar-refractivity contribution < 1.29 is 9.18 Å². The Morgan fingerprint density at radius 1 is 1.13 bits per heavy atom. The Kier molecular flexibility index (Phi) is 4.67. The first-order valence-corrected chi connectivity index (χ1v) is 7.81. The maximum atomic E-state index is 14.0. The minimum Gasteiger partial charge on any atom is -0.368 e. The molecular weight excluding hydrogens is 293 g/mol. The monoisotopic (exact) mass is 313 g/mol. The third kappa shape index (κ3) is 3.56. The molecule has 1 aromatic heterocycles. The van der Waals surface area contributed by atoms with Gasteiger partial charge in [-0.3, -0.25) is 14.7 Å². The van der Waals surface area contributed by atoms with Gasteiger partial charge in [-0.05, 0) is 36.8 Å². The van der Waals surface area contributed by atoms with Crippen LogP contribution < -0.4 is 4.90 Å². The molecule has 2 heterocycles. The van der Waals surface area contributed by atoms with Crippen molar-refractivity contribution in [1.29, 1.82) is 0 Å². The number of halogens is 1. The molecule has 1 fully saturated rings. The van der Waals surface area contributed by atoms with Crippen molar-refractivity contribution in [2.75, 3.05) is 31.1 Å². The van der Waals surface area contributed by atoms with Crippen molar-refractivity contribution >= 4 is 11.5 Å². The van der Waals surface area contributed by atoms with Crippen LogP contribution in [-0.2, 0) is 6.54 Å². The molecular formula is C18H20FN3O. The zero-order valence-corrected chi connectivity index (χ0v) is 13.2. The van der Waals surface area contributed by atoms with E-state index in [0.717, 1.165) is 32.7 Å². The average Bonchev–Trinajstić information content (AvgIpc) is 2.56. The van der Waals surface area contributed by atoms with E-state index in [1.807, 2.05) is 18.2 Å². The number of carbonyl (C=O) groups excluding carboxylic acids is 1. The Labute approximate surface area is 135 Å². The number of carbonyl (C=O) groups is 1. The second-order valence-corrected chi connectivity index (χ2v) is 5.81. The molecule has 1 aliphatic rings. The molecule has 5 heteroatoms. The first-order chi connectivity index (χ1) is 11.1. The maximum absolute atomic E-state index is 14.0. The molecule has 0 bridgehead atoms. The fourth-order valence-corrected chi connectivity index (χ4v) is 3.02. The summed E-state index contributed by atoms with van der Waals surface area (Å²) in [7, 11) is 0. The topological polar surface area (TPSA) is 36.4 Å². The predicted octanol–water partition coefficient (Wildman–Crippen LogP) is 2.75. The normalized spacial score (nSPS) is 15.7. The molecule has 0 atom stereocenters. The lowest BCUT2D eigenvalue weighted by atomic mass is 10.1. The molecule has 1 saturated heterocycles. The molecule has 1 aromatic carbocycles. The quantitative estimate of drug-likeness (QED) is 0.813. The van der Waals surface area contributed by atoms with Gasteiger partial charge in [0.05, 0.1) is 11.3 Å². The number of nitrogens with zero attached hydrogens (tertiary/aromatic N) is 3. The van der Waals surface area contributed by atoms with Crippen molar-refractivity contribution in [2.24, 2.45) is 0 Å². The molecule has 0 N–H and O–H groups in total. The molecule has 0 radical (unpaired) electrons. The fourth-order valence-electron chi connectivity index (χ4n) is 3.02. The molecule has 1 aliphatic heterocycles. The summed E-state index contributed by atoms with van der Waals surface area (Å²) in [5, 5.41) is 0. The Hall–Kier alpha value is -2.27. The summed E-state index contributed by atoms with van der Waals surface area (Å²) in [5.74, 6) is -0.661. The smallest absolute Gasteiger partial charge is 0.164 e. The first-order valence-electron chi connectivity index (χ1n) is 7.81. The zero-order chi connectivity index (χ0) is 16.2. The van der Waals surface area contributed by atoms with Crippen LogP contribution in [0.2, 0.25) is 0 Å².